The van der Waals surface area contributed by atoms with E-state index >= 15 is 0 Å². The molecule has 0 fully saturated rings. The highest BCUT2D eigenvalue weighted by Gasteiger charge is 2.18. The maximum atomic E-state index is 12.3. The van der Waals surface area contributed by atoms with E-state index in [1.165, 1.54) is 11.3 Å². The topological polar surface area (TPSA) is 67.2 Å². The molecule has 0 saturated carbocycles. The quantitative estimate of drug-likeness (QED) is 0.890. The zero-order valence-corrected chi connectivity index (χ0v) is 13.6. The van der Waals surface area contributed by atoms with Gasteiger partial charge in [0.05, 0.1) is 11.7 Å². The molecule has 5 nitrogen and oxygen atoms in total. The Kier molecular flexibility index (Phi) is 4.80. The van der Waals surface area contributed by atoms with Gasteiger partial charge in [0.15, 0.2) is 5.13 Å². The van der Waals surface area contributed by atoms with E-state index in [4.69, 9.17) is 0 Å². The van der Waals surface area contributed by atoms with Gasteiger partial charge >= 0.3 is 0 Å². The van der Waals surface area contributed by atoms with E-state index in [9.17, 15) is 9.90 Å². The largest absolute Gasteiger partial charge is 0.391 e. The first-order valence-corrected chi connectivity index (χ1v) is 7.84. The van der Waals surface area contributed by atoms with Crippen LogP contribution in [0.1, 0.15) is 35.6 Å². The molecule has 2 aromatic rings. The number of carbonyl (C=O) groups is 1. The van der Waals surface area contributed by atoms with Crippen LogP contribution in [-0.2, 0) is 0 Å². The number of thiazole rings is 1. The van der Waals surface area contributed by atoms with Gasteiger partial charge in [-0.05, 0) is 25.8 Å². The summed E-state index contributed by atoms with van der Waals surface area (Å²) in [5.74, 6) is -0.0429. The molecule has 0 aliphatic rings. The third kappa shape index (κ3) is 3.33. The van der Waals surface area contributed by atoms with Crippen molar-refractivity contribution in [1.82, 2.24) is 14.9 Å². The fourth-order valence-electron chi connectivity index (χ4n) is 2.14. The summed E-state index contributed by atoms with van der Waals surface area (Å²) in [6, 6.07) is 1.85. The lowest BCUT2D eigenvalue weighted by Crippen LogP contribution is -2.34. The van der Waals surface area contributed by atoms with E-state index in [0.717, 1.165) is 16.5 Å². The van der Waals surface area contributed by atoms with Crippen LogP contribution in [0.25, 0.3) is 5.13 Å². The highest BCUT2D eigenvalue weighted by molar-refractivity contribution is 7.12. The number of carbonyl (C=O) groups excluding carboxylic acids is 1. The average Bonchev–Trinajstić information content (AvgIpc) is 3.03. The number of amides is 1. The van der Waals surface area contributed by atoms with Crippen molar-refractivity contribution in [2.45, 2.75) is 33.8 Å². The molecule has 0 radical (unpaired) electrons. The number of rotatable bonds is 5. The highest BCUT2D eigenvalue weighted by atomic mass is 32.1. The van der Waals surface area contributed by atoms with E-state index in [1.807, 2.05) is 43.7 Å². The lowest BCUT2D eigenvalue weighted by atomic mass is 10.1. The van der Waals surface area contributed by atoms with Crippen LogP contribution in [0.15, 0.2) is 17.6 Å². The van der Waals surface area contributed by atoms with Gasteiger partial charge in [0.1, 0.15) is 0 Å². The van der Waals surface area contributed by atoms with Crippen LogP contribution in [0.3, 0.4) is 0 Å². The average molecular weight is 307 g/mol. The Bertz CT molecular complexity index is 617. The molecule has 0 spiro atoms. The molecule has 114 valence electrons. The number of aliphatic hydroxyl groups is 1. The number of nitrogens with zero attached hydrogens (tertiary/aromatic N) is 2. The van der Waals surface area contributed by atoms with Crippen molar-refractivity contribution in [3.8, 4) is 5.13 Å². The Labute approximate surface area is 128 Å². The maximum Gasteiger partial charge on any atom is 0.253 e. The molecule has 1 amide bonds. The highest BCUT2D eigenvalue weighted by Crippen LogP contribution is 2.22. The van der Waals surface area contributed by atoms with Crippen molar-refractivity contribution in [2.75, 3.05) is 6.54 Å². The van der Waals surface area contributed by atoms with Crippen LogP contribution in [0, 0.1) is 19.8 Å². The van der Waals surface area contributed by atoms with Crippen LogP contribution < -0.4 is 5.32 Å². The molecule has 6 heteroatoms. The predicted molar refractivity (Wildman–Crippen MR) is 84.1 cm³/mol. The SMILES string of the molecule is Cc1cc(C(=O)NCC(O)C(C)C)c(C)n1-c1nccs1. The van der Waals surface area contributed by atoms with Gasteiger partial charge in [-0.15, -0.1) is 11.3 Å². The van der Waals surface area contributed by atoms with Crippen LogP contribution >= 0.6 is 11.3 Å². The lowest BCUT2D eigenvalue weighted by Gasteiger charge is -2.15. The van der Waals surface area contributed by atoms with E-state index in [-0.39, 0.29) is 18.4 Å². The summed E-state index contributed by atoms with van der Waals surface area (Å²) in [6.07, 6.45) is 1.22. The van der Waals surface area contributed by atoms with E-state index in [0.29, 0.717) is 5.56 Å². The van der Waals surface area contributed by atoms with Crippen LogP contribution in [-0.4, -0.2) is 33.2 Å². The second-order valence-electron chi connectivity index (χ2n) is 5.46. The predicted octanol–water partition coefficient (Wildman–Crippen LogP) is 2.30. The summed E-state index contributed by atoms with van der Waals surface area (Å²) >= 11 is 1.53. The van der Waals surface area contributed by atoms with Gasteiger partial charge in [-0.3, -0.25) is 9.36 Å². The molecule has 2 heterocycles. The minimum Gasteiger partial charge on any atom is -0.391 e. The fraction of sp³-hybridized carbons (Fsp3) is 0.467. The van der Waals surface area contributed by atoms with Crippen LogP contribution in [0.2, 0.25) is 0 Å². The Hall–Kier alpha value is -1.66. The molecule has 2 N–H and O–H groups in total. The number of aromatic nitrogens is 2. The fourth-order valence-corrected chi connectivity index (χ4v) is 2.89. The van der Waals surface area contributed by atoms with Crippen molar-refractivity contribution in [2.24, 2.45) is 5.92 Å². The standard InChI is InChI=1S/C15H21N3O2S/c1-9(2)13(19)8-17-14(20)12-7-10(3)18(11(12)4)15-16-5-6-21-15/h5-7,9,13,19H,8H2,1-4H3,(H,17,20). The number of nitrogens with one attached hydrogen (secondary N) is 1. The molecule has 2 rings (SSSR count). The van der Waals surface area contributed by atoms with Crippen LogP contribution in [0.4, 0.5) is 0 Å². The molecule has 1 unspecified atom stereocenters. The van der Waals surface area contributed by atoms with Gasteiger partial charge in [0.25, 0.3) is 5.91 Å². The minimum atomic E-state index is -0.531. The van der Waals surface area contributed by atoms with Gasteiger partial charge in [0.2, 0.25) is 0 Å². The van der Waals surface area contributed by atoms with Crippen molar-refractivity contribution in [1.29, 1.82) is 0 Å². The third-order valence-electron chi connectivity index (χ3n) is 3.53. The molecular weight excluding hydrogens is 286 g/mol. The van der Waals surface area contributed by atoms with Gasteiger partial charge < -0.3 is 10.4 Å². The summed E-state index contributed by atoms with van der Waals surface area (Å²) in [6.45, 7) is 7.96. The summed E-state index contributed by atoms with van der Waals surface area (Å²) in [7, 11) is 0. The Balaban J connectivity index is 2.18. The molecule has 0 aromatic carbocycles. The third-order valence-corrected chi connectivity index (χ3v) is 4.28. The van der Waals surface area contributed by atoms with Crippen molar-refractivity contribution in [3.63, 3.8) is 0 Å². The maximum absolute atomic E-state index is 12.3. The van der Waals surface area contributed by atoms with Crippen LogP contribution in [0.5, 0.6) is 0 Å². The summed E-state index contributed by atoms with van der Waals surface area (Å²) in [4.78, 5) is 16.6. The van der Waals surface area contributed by atoms with Crippen molar-refractivity contribution < 1.29 is 9.90 Å². The Morgan fingerprint density at radius 2 is 2.19 bits per heavy atom. The Morgan fingerprint density at radius 1 is 1.48 bits per heavy atom. The first-order valence-electron chi connectivity index (χ1n) is 6.97. The summed E-state index contributed by atoms with van der Waals surface area (Å²) in [5.41, 5.74) is 2.45. The zero-order chi connectivity index (χ0) is 15.6. The van der Waals surface area contributed by atoms with E-state index in [1.54, 1.807) is 6.20 Å². The molecule has 0 aliphatic carbocycles. The first kappa shape index (κ1) is 15.7. The van der Waals surface area contributed by atoms with Gasteiger partial charge in [-0.2, -0.15) is 0 Å². The monoisotopic (exact) mass is 307 g/mol. The summed E-state index contributed by atoms with van der Waals surface area (Å²) < 4.78 is 1.97. The second-order valence-corrected chi connectivity index (χ2v) is 6.33. The molecule has 21 heavy (non-hydrogen) atoms. The number of aliphatic hydroxyl groups excluding tert-OH is 1. The van der Waals surface area contributed by atoms with E-state index in [2.05, 4.69) is 10.3 Å². The normalized spacial score (nSPS) is 12.7. The minimum absolute atomic E-state index is 0.119. The molecule has 2 aromatic heterocycles. The smallest absolute Gasteiger partial charge is 0.253 e. The van der Waals surface area contributed by atoms with Crippen molar-refractivity contribution in [3.05, 3.63) is 34.6 Å². The zero-order valence-electron chi connectivity index (χ0n) is 12.8. The molecule has 1 atom stereocenters. The summed E-state index contributed by atoms with van der Waals surface area (Å²) in [5, 5.41) is 15.3. The number of hydrogen-bond acceptors (Lipinski definition) is 4. The van der Waals surface area contributed by atoms with Crippen molar-refractivity contribution >= 4 is 17.2 Å². The molecular formula is C15H21N3O2S. The Morgan fingerprint density at radius 3 is 2.76 bits per heavy atom. The number of aryl methyl sites for hydroxylation is 1. The molecule has 0 aliphatic heterocycles. The number of hydrogen-bond donors (Lipinski definition) is 2. The van der Waals surface area contributed by atoms with Gasteiger partial charge in [0, 0.05) is 29.5 Å². The van der Waals surface area contributed by atoms with E-state index < -0.39 is 6.10 Å². The molecule has 0 saturated heterocycles. The van der Waals surface area contributed by atoms with Gasteiger partial charge in [-0.1, -0.05) is 13.8 Å². The van der Waals surface area contributed by atoms with Gasteiger partial charge in [-0.25, -0.2) is 4.98 Å². The molecule has 0 bridgehead atoms. The second kappa shape index (κ2) is 6.41. The lowest BCUT2D eigenvalue weighted by molar-refractivity contribution is 0.0871. The first-order chi connectivity index (χ1) is 9.91.